The van der Waals surface area contributed by atoms with Gasteiger partial charge in [0.1, 0.15) is 11.5 Å². The standard InChI is InChI=1S/C24H21NO5/c1-4-30-24(27)20-14-21(23(26)16-11-17(28-2)13-18(12-16)29-3)25-10-9-15-7-5-6-8-19(15)22(20)25/h5-14H,4H2,1-3H3. The molecule has 2 heterocycles. The highest BCUT2D eigenvalue weighted by molar-refractivity contribution is 6.15. The molecule has 4 aromatic rings. The molecule has 6 nitrogen and oxygen atoms in total. The second kappa shape index (κ2) is 7.91. The normalized spacial score (nSPS) is 10.9. The number of benzene rings is 2. The van der Waals surface area contributed by atoms with Crippen molar-refractivity contribution < 1.29 is 23.8 Å². The van der Waals surface area contributed by atoms with E-state index in [9.17, 15) is 9.59 Å². The molecule has 0 radical (unpaired) electrons. The molecule has 4 rings (SSSR count). The van der Waals surface area contributed by atoms with Gasteiger partial charge in [0, 0.05) is 23.2 Å². The molecule has 30 heavy (non-hydrogen) atoms. The lowest BCUT2D eigenvalue weighted by Gasteiger charge is -2.09. The molecule has 0 saturated carbocycles. The van der Waals surface area contributed by atoms with Crippen molar-refractivity contribution in [2.75, 3.05) is 20.8 Å². The summed E-state index contributed by atoms with van der Waals surface area (Å²) in [5, 5.41) is 1.83. The van der Waals surface area contributed by atoms with Crippen molar-refractivity contribution in [1.82, 2.24) is 4.40 Å². The molecule has 0 unspecified atom stereocenters. The van der Waals surface area contributed by atoms with Crippen LogP contribution in [0.5, 0.6) is 11.5 Å². The van der Waals surface area contributed by atoms with E-state index < -0.39 is 5.97 Å². The number of ketones is 1. The van der Waals surface area contributed by atoms with Crippen LogP contribution in [0.1, 0.15) is 33.3 Å². The lowest BCUT2D eigenvalue weighted by atomic mass is 10.1. The van der Waals surface area contributed by atoms with E-state index in [1.807, 2.05) is 30.3 Å². The van der Waals surface area contributed by atoms with Crippen LogP contribution in [0.25, 0.3) is 16.3 Å². The molecule has 0 aliphatic carbocycles. The largest absolute Gasteiger partial charge is 0.497 e. The number of carbonyl (C=O) groups excluding carboxylic acids is 2. The van der Waals surface area contributed by atoms with E-state index >= 15 is 0 Å². The number of hydrogen-bond acceptors (Lipinski definition) is 5. The third-order valence-electron chi connectivity index (χ3n) is 5.00. The fourth-order valence-corrected chi connectivity index (χ4v) is 3.59. The lowest BCUT2D eigenvalue weighted by molar-refractivity contribution is 0.0529. The summed E-state index contributed by atoms with van der Waals surface area (Å²) in [6, 6.07) is 16.2. The van der Waals surface area contributed by atoms with Gasteiger partial charge in [0.15, 0.2) is 0 Å². The van der Waals surface area contributed by atoms with Gasteiger partial charge in [-0.1, -0.05) is 24.3 Å². The predicted octanol–water partition coefficient (Wildman–Crippen LogP) is 4.52. The number of aromatic nitrogens is 1. The summed E-state index contributed by atoms with van der Waals surface area (Å²) in [7, 11) is 3.06. The summed E-state index contributed by atoms with van der Waals surface area (Å²) in [6.45, 7) is 2.00. The van der Waals surface area contributed by atoms with Gasteiger partial charge in [0.05, 0.1) is 37.6 Å². The molecular formula is C24H21NO5. The van der Waals surface area contributed by atoms with Crippen molar-refractivity contribution in [3.63, 3.8) is 0 Å². The first-order valence-corrected chi connectivity index (χ1v) is 9.55. The maximum Gasteiger partial charge on any atom is 0.340 e. The number of fused-ring (bicyclic) bond motifs is 3. The Morgan fingerprint density at radius 1 is 0.933 bits per heavy atom. The molecule has 0 fully saturated rings. The molecule has 0 saturated heterocycles. The Morgan fingerprint density at radius 3 is 2.30 bits per heavy atom. The van der Waals surface area contributed by atoms with Gasteiger partial charge < -0.3 is 18.6 Å². The number of pyridine rings is 1. The first-order valence-electron chi connectivity index (χ1n) is 9.55. The Hall–Kier alpha value is -3.80. The van der Waals surface area contributed by atoms with Crippen molar-refractivity contribution >= 4 is 28.0 Å². The maximum atomic E-state index is 13.4. The molecule has 0 spiro atoms. The van der Waals surface area contributed by atoms with Gasteiger partial charge in [-0.3, -0.25) is 4.79 Å². The van der Waals surface area contributed by atoms with Crippen LogP contribution in [-0.2, 0) is 4.74 Å². The Balaban J connectivity index is 1.97. The molecule has 152 valence electrons. The third-order valence-corrected chi connectivity index (χ3v) is 5.00. The van der Waals surface area contributed by atoms with Crippen LogP contribution in [0.3, 0.4) is 0 Å². The third kappa shape index (κ3) is 3.26. The molecule has 0 N–H and O–H groups in total. The van der Waals surface area contributed by atoms with Gasteiger partial charge in [-0.05, 0) is 36.6 Å². The van der Waals surface area contributed by atoms with E-state index in [1.165, 1.54) is 14.2 Å². The highest BCUT2D eigenvalue weighted by atomic mass is 16.5. The summed E-state index contributed by atoms with van der Waals surface area (Å²) in [5.41, 5.74) is 1.75. The quantitative estimate of drug-likeness (QED) is 0.350. The number of rotatable bonds is 6. The van der Waals surface area contributed by atoms with Crippen molar-refractivity contribution in [1.29, 1.82) is 0 Å². The predicted molar refractivity (Wildman–Crippen MR) is 114 cm³/mol. The van der Waals surface area contributed by atoms with Gasteiger partial charge in [-0.15, -0.1) is 0 Å². The van der Waals surface area contributed by atoms with E-state index in [-0.39, 0.29) is 12.4 Å². The Bertz CT molecular complexity index is 1250. The fraction of sp³-hybridized carbons (Fsp3) is 0.167. The van der Waals surface area contributed by atoms with E-state index in [2.05, 4.69) is 0 Å². The molecule has 2 aromatic carbocycles. The maximum absolute atomic E-state index is 13.4. The van der Waals surface area contributed by atoms with Crippen LogP contribution < -0.4 is 9.47 Å². The summed E-state index contributed by atoms with van der Waals surface area (Å²) < 4.78 is 17.6. The van der Waals surface area contributed by atoms with Crippen molar-refractivity contribution in [3.8, 4) is 11.5 Å². The van der Waals surface area contributed by atoms with Crippen LogP contribution in [0.4, 0.5) is 0 Å². The number of carbonyl (C=O) groups is 2. The number of methoxy groups -OCH3 is 2. The molecule has 0 aliphatic rings. The van der Waals surface area contributed by atoms with E-state index in [0.717, 1.165) is 10.8 Å². The van der Waals surface area contributed by atoms with Crippen LogP contribution in [0, 0.1) is 0 Å². The second-order valence-corrected chi connectivity index (χ2v) is 6.72. The van der Waals surface area contributed by atoms with E-state index in [4.69, 9.17) is 14.2 Å². The van der Waals surface area contributed by atoms with E-state index in [1.54, 1.807) is 41.8 Å². The highest BCUT2D eigenvalue weighted by Gasteiger charge is 2.23. The summed E-state index contributed by atoms with van der Waals surface area (Å²) >= 11 is 0. The van der Waals surface area contributed by atoms with Gasteiger partial charge in [-0.25, -0.2) is 4.79 Å². The summed E-state index contributed by atoms with van der Waals surface area (Å²) in [4.78, 5) is 26.1. The average Bonchev–Trinajstić information content (AvgIpc) is 3.18. The average molecular weight is 403 g/mol. The Morgan fingerprint density at radius 2 is 1.63 bits per heavy atom. The topological polar surface area (TPSA) is 66.2 Å². The molecule has 0 aliphatic heterocycles. The molecule has 0 amide bonds. The van der Waals surface area contributed by atoms with Gasteiger partial charge in [0.2, 0.25) is 5.78 Å². The number of nitrogens with zero attached hydrogens (tertiary/aromatic N) is 1. The van der Waals surface area contributed by atoms with Gasteiger partial charge in [0.25, 0.3) is 0 Å². The molecule has 0 bridgehead atoms. The summed E-state index contributed by atoms with van der Waals surface area (Å²) in [6.07, 6.45) is 1.80. The van der Waals surface area contributed by atoms with Crippen LogP contribution in [-0.4, -0.2) is 37.0 Å². The first-order chi connectivity index (χ1) is 14.6. The molecule has 0 atom stereocenters. The second-order valence-electron chi connectivity index (χ2n) is 6.72. The zero-order valence-electron chi connectivity index (χ0n) is 17.0. The van der Waals surface area contributed by atoms with Crippen LogP contribution in [0.2, 0.25) is 0 Å². The zero-order valence-corrected chi connectivity index (χ0v) is 17.0. The number of hydrogen-bond donors (Lipinski definition) is 0. The first kappa shape index (κ1) is 19.5. The van der Waals surface area contributed by atoms with Crippen LogP contribution in [0.15, 0.2) is 60.8 Å². The molecule has 2 aromatic heterocycles. The highest BCUT2D eigenvalue weighted by Crippen LogP contribution is 2.30. The minimum absolute atomic E-state index is 0.247. The van der Waals surface area contributed by atoms with Crippen molar-refractivity contribution in [2.24, 2.45) is 0 Å². The molecule has 6 heteroatoms. The zero-order chi connectivity index (χ0) is 21.3. The Labute approximate surface area is 173 Å². The Kier molecular flexibility index (Phi) is 5.14. The lowest BCUT2D eigenvalue weighted by Crippen LogP contribution is -2.06. The molecular weight excluding hydrogens is 382 g/mol. The van der Waals surface area contributed by atoms with Gasteiger partial charge in [-0.2, -0.15) is 0 Å². The number of esters is 1. The van der Waals surface area contributed by atoms with Crippen molar-refractivity contribution in [2.45, 2.75) is 6.92 Å². The SMILES string of the molecule is CCOC(=O)c1cc(C(=O)c2cc(OC)cc(OC)c2)n2ccc3ccccc3c12. The van der Waals surface area contributed by atoms with E-state index in [0.29, 0.717) is 33.8 Å². The number of ether oxygens (including phenoxy) is 3. The smallest absolute Gasteiger partial charge is 0.340 e. The summed E-state index contributed by atoms with van der Waals surface area (Å²) in [5.74, 6) is 0.297. The minimum Gasteiger partial charge on any atom is -0.497 e. The monoisotopic (exact) mass is 403 g/mol. The van der Waals surface area contributed by atoms with Crippen LogP contribution >= 0.6 is 0 Å². The fourth-order valence-electron chi connectivity index (χ4n) is 3.59. The van der Waals surface area contributed by atoms with Crippen molar-refractivity contribution in [3.05, 3.63) is 77.6 Å². The van der Waals surface area contributed by atoms with Gasteiger partial charge >= 0.3 is 5.97 Å². The minimum atomic E-state index is -0.464.